The van der Waals surface area contributed by atoms with Gasteiger partial charge in [-0.1, -0.05) is 18.2 Å². The van der Waals surface area contributed by atoms with Gasteiger partial charge in [0, 0.05) is 5.39 Å². The van der Waals surface area contributed by atoms with Crippen molar-refractivity contribution in [2.24, 2.45) is 5.10 Å². The van der Waals surface area contributed by atoms with Crippen LogP contribution in [0.4, 0.5) is 5.95 Å². The quantitative estimate of drug-likeness (QED) is 0.437. The summed E-state index contributed by atoms with van der Waals surface area (Å²) in [7, 11) is 0. The summed E-state index contributed by atoms with van der Waals surface area (Å²) in [6.45, 7) is 3.97. The molecule has 0 unspecified atom stereocenters. The number of aryl methyl sites for hydroxylation is 1. The van der Waals surface area contributed by atoms with E-state index in [-0.39, 0.29) is 0 Å². The number of hydrogen-bond donors (Lipinski definition) is 2. The van der Waals surface area contributed by atoms with Crippen LogP contribution in [0.3, 0.4) is 0 Å². The molecule has 0 fully saturated rings. The van der Waals surface area contributed by atoms with Crippen LogP contribution in [0, 0.1) is 6.92 Å². The second kappa shape index (κ2) is 6.20. The molecule has 4 aromatic rings. The van der Waals surface area contributed by atoms with Crippen LogP contribution >= 0.6 is 0 Å². The number of allylic oxidation sites excluding steroid dienone is 1. The number of hydrogen-bond acceptors (Lipinski definition) is 6. The summed E-state index contributed by atoms with van der Waals surface area (Å²) in [5.41, 5.74) is 7.33. The Hall–Kier alpha value is -3.48. The van der Waals surface area contributed by atoms with Crippen molar-refractivity contribution in [3.63, 3.8) is 0 Å². The standard InChI is InChI=1S/C18H16N6O/c1-11(9-13-6-4-8-25-13)10-19-23-18-21-17-16(22-24-18)14-7-3-5-12(2)15(14)20-17/h3-10H,1-2H3,(H2,20,21,23,24). The summed E-state index contributed by atoms with van der Waals surface area (Å²) in [5.74, 6) is 1.11. The predicted octanol–water partition coefficient (Wildman–Crippen LogP) is 3.91. The van der Waals surface area contributed by atoms with Crippen molar-refractivity contribution in [3.05, 3.63) is 53.5 Å². The number of para-hydroxylation sites is 1. The van der Waals surface area contributed by atoms with Crippen LogP contribution in [0.1, 0.15) is 18.2 Å². The largest absolute Gasteiger partial charge is 0.465 e. The molecular formula is C18H16N6O. The van der Waals surface area contributed by atoms with Crippen molar-refractivity contribution in [1.82, 2.24) is 20.2 Å². The molecule has 0 aliphatic rings. The Kier molecular flexibility index (Phi) is 3.74. The zero-order chi connectivity index (χ0) is 17.2. The molecule has 0 saturated carbocycles. The van der Waals surface area contributed by atoms with Gasteiger partial charge in [-0.25, -0.2) is 5.43 Å². The van der Waals surface area contributed by atoms with Crippen molar-refractivity contribution in [2.75, 3.05) is 5.43 Å². The third kappa shape index (κ3) is 2.99. The number of H-pyrrole nitrogens is 1. The van der Waals surface area contributed by atoms with E-state index in [4.69, 9.17) is 4.42 Å². The van der Waals surface area contributed by atoms with Gasteiger partial charge < -0.3 is 9.40 Å². The zero-order valence-electron chi connectivity index (χ0n) is 13.8. The van der Waals surface area contributed by atoms with Crippen LogP contribution in [0.15, 0.2) is 51.7 Å². The summed E-state index contributed by atoms with van der Waals surface area (Å²) in [6.07, 6.45) is 5.19. The number of anilines is 1. The Labute approximate surface area is 143 Å². The van der Waals surface area contributed by atoms with Gasteiger partial charge in [0.15, 0.2) is 5.65 Å². The smallest absolute Gasteiger partial charge is 0.265 e. The van der Waals surface area contributed by atoms with Gasteiger partial charge in [0.1, 0.15) is 11.3 Å². The van der Waals surface area contributed by atoms with Crippen molar-refractivity contribution >= 4 is 40.3 Å². The van der Waals surface area contributed by atoms with E-state index >= 15 is 0 Å². The van der Waals surface area contributed by atoms with Gasteiger partial charge in [0.05, 0.1) is 18.0 Å². The monoisotopic (exact) mass is 332 g/mol. The molecule has 0 saturated heterocycles. The molecule has 3 aromatic heterocycles. The first kappa shape index (κ1) is 15.1. The van der Waals surface area contributed by atoms with E-state index in [1.807, 2.05) is 50.3 Å². The normalized spacial score (nSPS) is 12.5. The molecule has 0 bridgehead atoms. The molecular weight excluding hydrogens is 316 g/mol. The van der Waals surface area contributed by atoms with Gasteiger partial charge in [0.25, 0.3) is 5.95 Å². The molecule has 1 aromatic carbocycles. The van der Waals surface area contributed by atoms with E-state index in [2.05, 4.69) is 30.7 Å². The Morgan fingerprint density at radius 2 is 2.16 bits per heavy atom. The third-order valence-electron chi connectivity index (χ3n) is 3.80. The Bertz CT molecular complexity index is 1090. The molecule has 0 radical (unpaired) electrons. The van der Waals surface area contributed by atoms with Gasteiger partial charge in [0.2, 0.25) is 0 Å². The summed E-state index contributed by atoms with van der Waals surface area (Å²) in [6, 6.07) is 9.76. The highest BCUT2D eigenvalue weighted by atomic mass is 16.3. The molecule has 25 heavy (non-hydrogen) atoms. The topological polar surface area (TPSA) is 92.0 Å². The van der Waals surface area contributed by atoms with Crippen LogP contribution in [0.2, 0.25) is 0 Å². The van der Waals surface area contributed by atoms with Gasteiger partial charge in [-0.3, -0.25) is 0 Å². The minimum Gasteiger partial charge on any atom is -0.465 e. The van der Waals surface area contributed by atoms with Crippen LogP contribution in [0.25, 0.3) is 28.1 Å². The van der Waals surface area contributed by atoms with E-state index < -0.39 is 0 Å². The van der Waals surface area contributed by atoms with Crippen LogP contribution < -0.4 is 5.43 Å². The van der Waals surface area contributed by atoms with Crippen molar-refractivity contribution in [1.29, 1.82) is 0 Å². The number of nitrogens with one attached hydrogen (secondary N) is 2. The third-order valence-corrected chi connectivity index (χ3v) is 3.80. The fourth-order valence-corrected chi connectivity index (χ4v) is 2.62. The molecule has 0 spiro atoms. The maximum atomic E-state index is 5.26. The van der Waals surface area contributed by atoms with E-state index in [0.29, 0.717) is 11.6 Å². The molecule has 7 nitrogen and oxygen atoms in total. The second-order valence-corrected chi connectivity index (χ2v) is 5.73. The number of aromatic amines is 1. The average Bonchev–Trinajstić information content (AvgIpc) is 3.23. The van der Waals surface area contributed by atoms with Crippen molar-refractivity contribution < 1.29 is 4.42 Å². The Morgan fingerprint density at radius 3 is 3.00 bits per heavy atom. The van der Waals surface area contributed by atoms with E-state index in [9.17, 15) is 0 Å². The molecule has 7 heteroatoms. The molecule has 2 N–H and O–H groups in total. The highest BCUT2D eigenvalue weighted by Gasteiger charge is 2.09. The lowest BCUT2D eigenvalue weighted by atomic mass is 10.1. The first-order valence-corrected chi connectivity index (χ1v) is 7.83. The molecule has 3 heterocycles. The highest BCUT2D eigenvalue weighted by molar-refractivity contribution is 6.04. The molecule has 0 aliphatic heterocycles. The maximum Gasteiger partial charge on any atom is 0.265 e. The van der Waals surface area contributed by atoms with Crippen LogP contribution in [-0.4, -0.2) is 26.4 Å². The fourth-order valence-electron chi connectivity index (χ4n) is 2.62. The average molecular weight is 332 g/mol. The minimum atomic E-state index is 0.332. The number of rotatable bonds is 4. The van der Waals surface area contributed by atoms with Crippen LogP contribution in [-0.2, 0) is 0 Å². The van der Waals surface area contributed by atoms with Gasteiger partial charge in [-0.05, 0) is 43.2 Å². The van der Waals surface area contributed by atoms with E-state index in [1.54, 1.807) is 12.5 Å². The number of fused-ring (bicyclic) bond motifs is 3. The lowest BCUT2D eigenvalue weighted by Crippen LogP contribution is -1.98. The number of benzene rings is 1. The molecule has 124 valence electrons. The van der Waals surface area contributed by atoms with Gasteiger partial charge in [-0.2, -0.15) is 10.1 Å². The van der Waals surface area contributed by atoms with Crippen LogP contribution in [0.5, 0.6) is 0 Å². The number of furan rings is 1. The predicted molar refractivity (Wildman–Crippen MR) is 98.4 cm³/mol. The Balaban J connectivity index is 1.57. The highest BCUT2D eigenvalue weighted by Crippen LogP contribution is 2.24. The summed E-state index contributed by atoms with van der Waals surface area (Å²) in [5, 5.41) is 13.5. The van der Waals surface area contributed by atoms with Crippen molar-refractivity contribution in [2.45, 2.75) is 13.8 Å². The molecule has 0 amide bonds. The van der Waals surface area contributed by atoms with E-state index in [1.165, 1.54) is 0 Å². The minimum absolute atomic E-state index is 0.332. The molecule has 4 rings (SSSR count). The second-order valence-electron chi connectivity index (χ2n) is 5.73. The van der Waals surface area contributed by atoms with Gasteiger partial charge in [-0.15, -0.1) is 10.2 Å². The first-order chi connectivity index (χ1) is 12.2. The lowest BCUT2D eigenvalue weighted by molar-refractivity contribution is 0.557. The summed E-state index contributed by atoms with van der Waals surface area (Å²) >= 11 is 0. The van der Waals surface area contributed by atoms with Gasteiger partial charge >= 0.3 is 0 Å². The number of hydrazone groups is 1. The maximum absolute atomic E-state index is 5.26. The first-order valence-electron chi connectivity index (χ1n) is 7.83. The molecule has 0 aliphatic carbocycles. The fraction of sp³-hybridized carbons (Fsp3) is 0.111. The number of aromatic nitrogens is 4. The summed E-state index contributed by atoms with van der Waals surface area (Å²) in [4.78, 5) is 7.72. The summed E-state index contributed by atoms with van der Waals surface area (Å²) < 4.78 is 5.26. The molecule has 0 atom stereocenters. The number of nitrogens with zero attached hydrogens (tertiary/aromatic N) is 4. The lowest BCUT2D eigenvalue weighted by Gasteiger charge is -1.97. The Morgan fingerprint density at radius 1 is 1.24 bits per heavy atom. The SMILES string of the molecule is CC(C=NNc1nnc2c(n1)[nH]c1c(C)cccc12)=Cc1ccco1. The van der Waals surface area contributed by atoms with Crippen molar-refractivity contribution in [3.8, 4) is 0 Å². The zero-order valence-corrected chi connectivity index (χ0v) is 13.8. The van der Waals surface area contributed by atoms with E-state index in [0.717, 1.165) is 33.3 Å².